The Bertz CT molecular complexity index is 1000. The van der Waals surface area contributed by atoms with Crippen molar-refractivity contribution in [3.8, 4) is 0 Å². The van der Waals surface area contributed by atoms with E-state index in [0.29, 0.717) is 34.2 Å². The van der Waals surface area contributed by atoms with Crippen LogP contribution in [0, 0.1) is 0 Å². The molecule has 12 heteroatoms. The third-order valence-corrected chi connectivity index (χ3v) is 5.53. The van der Waals surface area contributed by atoms with Gasteiger partial charge in [0, 0.05) is 41.0 Å². The molecule has 0 bridgehead atoms. The fraction of sp³-hybridized carbons (Fsp3) is 0.381. The Hall–Kier alpha value is -3.18. The normalized spacial score (nSPS) is 10.1. The summed E-state index contributed by atoms with van der Waals surface area (Å²) in [5.74, 6) is -0.559. The van der Waals surface area contributed by atoms with Gasteiger partial charge in [0.1, 0.15) is 4.88 Å². The van der Waals surface area contributed by atoms with Crippen LogP contribution in [-0.2, 0) is 22.4 Å². The van der Waals surface area contributed by atoms with Crippen LogP contribution in [0.25, 0.3) is 0 Å². The minimum Gasteiger partial charge on any atom is -0.370 e. The fourth-order valence-corrected chi connectivity index (χ4v) is 3.86. The Kier molecular flexibility index (Phi) is 10.8. The van der Waals surface area contributed by atoms with E-state index in [4.69, 9.17) is 11.5 Å². The van der Waals surface area contributed by atoms with Gasteiger partial charge in [0.05, 0.1) is 11.4 Å². The molecular weight excluding hydrogens is 466 g/mol. The summed E-state index contributed by atoms with van der Waals surface area (Å²) >= 11 is 1.13. The van der Waals surface area contributed by atoms with Crippen LogP contribution >= 0.6 is 23.7 Å². The van der Waals surface area contributed by atoms with Crippen molar-refractivity contribution in [2.45, 2.75) is 26.2 Å². The maximum absolute atomic E-state index is 13.0. The van der Waals surface area contributed by atoms with E-state index in [2.05, 4.69) is 15.3 Å². The molecule has 0 spiro atoms. The van der Waals surface area contributed by atoms with E-state index < -0.39 is 0 Å². The van der Waals surface area contributed by atoms with E-state index in [1.54, 1.807) is 33.3 Å². The second-order valence-electron chi connectivity index (χ2n) is 7.44. The Morgan fingerprint density at radius 3 is 2.27 bits per heavy atom. The lowest BCUT2D eigenvalue weighted by Gasteiger charge is -2.18. The molecule has 0 atom stereocenters. The zero-order valence-corrected chi connectivity index (χ0v) is 20.8. The van der Waals surface area contributed by atoms with Gasteiger partial charge >= 0.3 is 0 Å². The largest absolute Gasteiger partial charge is 0.370 e. The summed E-state index contributed by atoms with van der Waals surface area (Å²) in [6.45, 7) is 1.68. The standard InChI is InChI=1S/C21H29N7O3S.ClH/c1-13(29)24-21-26-16(10-7-14-5-8-15(9-6-14)25-20(22)23)18(32-21)19(31)28(4)12-11-17(30)27(2)3;/h5-6,8-9H,7,10-12H2,1-4H3,(H4,22,23,25)(H,24,26,29);1H. The number of thiazole rings is 1. The van der Waals surface area contributed by atoms with E-state index in [1.807, 2.05) is 12.1 Å². The van der Waals surface area contributed by atoms with Gasteiger partial charge < -0.3 is 26.6 Å². The fourth-order valence-electron chi connectivity index (χ4n) is 2.80. The van der Waals surface area contributed by atoms with Gasteiger partial charge in [-0.1, -0.05) is 23.5 Å². The zero-order valence-electron chi connectivity index (χ0n) is 19.1. The minimum absolute atomic E-state index is 0. The van der Waals surface area contributed by atoms with Gasteiger partial charge in [-0.05, 0) is 30.5 Å². The molecule has 0 saturated carbocycles. The van der Waals surface area contributed by atoms with E-state index in [1.165, 1.54) is 16.7 Å². The van der Waals surface area contributed by atoms with Crippen LogP contribution in [0.1, 0.15) is 34.3 Å². The Balaban J connectivity index is 0.00000544. The SMILES string of the molecule is CC(=O)Nc1nc(CCc2ccc(N=C(N)N)cc2)c(C(=O)N(C)CCC(=O)N(C)C)s1.Cl. The molecule has 1 aromatic carbocycles. The molecule has 1 heterocycles. The summed E-state index contributed by atoms with van der Waals surface area (Å²) in [6.07, 6.45) is 1.36. The quantitative estimate of drug-likeness (QED) is 0.356. The number of aliphatic imine (C=N–C) groups is 1. The first-order chi connectivity index (χ1) is 15.1. The number of nitrogens with two attached hydrogens (primary N) is 2. The third kappa shape index (κ3) is 8.70. The van der Waals surface area contributed by atoms with E-state index >= 15 is 0 Å². The highest BCUT2D eigenvalue weighted by Crippen LogP contribution is 2.26. The number of benzene rings is 1. The number of anilines is 1. The molecule has 1 aromatic heterocycles. The average Bonchev–Trinajstić information content (AvgIpc) is 3.11. The summed E-state index contributed by atoms with van der Waals surface area (Å²) in [5, 5.41) is 3.02. The summed E-state index contributed by atoms with van der Waals surface area (Å²) in [5.41, 5.74) is 13.1. The molecule has 3 amide bonds. The molecule has 2 aromatic rings. The smallest absolute Gasteiger partial charge is 0.265 e. The average molecular weight is 496 g/mol. The van der Waals surface area contributed by atoms with Gasteiger partial charge in [-0.15, -0.1) is 12.4 Å². The molecule has 33 heavy (non-hydrogen) atoms. The number of carbonyl (C=O) groups is 3. The van der Waals surface area contributed by atoms with Crippen molar-refractivity contribution in [1.82, 2.24) is 14.8 Å². The second-order valence-corrected chi connectivity index (χ2v) is 8.44. The van der Waals surface area contributed by atoms with Crippen LogP contribution in [0.2, 0.25) is 0 Å². The van der Waals surface area contributed by atoms with Crippen LogP contribution in [-0.4, -0.2) is 66.2 Å². The van der Waals surface area contributed by atoms with Gasteiger partial charge in [0.2, 0.25) is 11.8 Å². The second kappa shape index (κ2) is 12.8. The lowest BCUT2D eigenvalue weighted by Crippen LogP contribution is -2.32. The van der Waals surface area contributed by atoms with E-state index in [9.17, 15) is 14.4 Å². The predicted octanol–water partition coefficient (Wildman–Crippen LogP) is 1.76. The van der Waals surface area contributed by atoms with Crippen LogP contribution in [0.5, 0.6) is 0 Å². The van der Waals surface area contributed by atoms with Crippen LogP contribution in [0.3, 0.4) is 0 Å². The Morgan fingerprint density at radius 1 is 1.09 bits per heavy atom. The first kappa shape index (κ1) is 27.9. The van der Waals surface area contributed by atoms with Crippen LogP contribution < -0.4 is 16.8 Å². The molecule has 0 aliphatic carbocycles. The van der Waals surface area contributed by atoms with Gasteiger partial charge in [-0.25, -0.2) is 9.98 Å². The van der Waals surface area contributed by atoms with Crippen molar-refractivity contribution in [3.63, 3.8) is 0 Å². The van der Waals surface area contributed by atoms with Gasteiger partial charge in [-0.2, -0.15) is 0 Å². The molecular formula is C21H30ClN7O3S. The van der Waals surface area contributed by atoms with Crippen molar-refractivity contribution >= 4 is 58.2 Å². The molecule has 5 N–H and O–H groups in total. The number of nitrogens with zero attached hydrogens (tertiary/aromatic N) is 4. The zero-order chi connectivity index (χ0) is 23.8. The molecule has 0 aliphatic heterocycles. The van der Waals surface area contributed by atoms with Gasteiger partial charge in [0.15, 0.2) is 11.1 Å². The third-order valence-electron chi connectivity index (χ3n) is 4.53. The summed E-state index contributed by atoms with van der Waals surface area (Å²) in [7, 11) is 5.00. The highest BCUT2D eigenvalue weighted by Gasteiger charge is 2.22. The molecule has 0 unspecified atom stereocenters. The number of carbonyl (C=O) groups excluding carboxylic acids is 3. The number of aryl methyl sites for hydroxylation is 2. The predicted molar refractivity (Wildman–Crippen MR) is 133 cm³/mol. The maximum atomic E-state index is 13.0. The summed E-state index contributed by atoms with van der Waals surface area (Å²) in [4.78, 5) is 48.2. The lowest BCUT2D eigenvalue weighted by molar-refractivity contribution is -0.128. The lowest BCUT2D eigenvalue weighted by atomic mass is 10.1. The number of guanidine groups is 1. The first-order valence-corrected chi connectivity index (χ1v) is 10.8. The van der Waals surface area contributed by atoms with Crippen molar-refractivity contribution in [1.29, 1.82) is 0 Å². The van der Waals surface area contributed by atoms with Gasteiger partial charge in [-0.3, -0.25) is 14.4 Å². The highest BCUT2D eigenvalue weighted by molar-refractivity contribution is 7.17. The molecule has 0 fully saturated rings. The topological polar surface area (TPSA) is 147 Å². The Labute approximate surface area is 203 Å². The summed E-state index contributed by atoms with van der Waals surface area (Å²) < 4.78 is 0. The number of hydrogen-bond donors (Lipinski definition) is 3. The van der Waals surface area contributed by atoms with Crippen molar-refractivity contribution < 1.29 is 14.4 Å². The molecule has 180 valence electrons. The monoisotopic (exact) mass is 495 g/mol. The molecule has 10 nitrogen and oxygen atoms in total. The number of amides is 3. The Morgan fingerprint density at radius 2 is 1.73 bits per heavy atom. The number of aromatic nitrogens is 1. The number of hydrogen-bond acceptors (Lipinski definition) is 6. The number of halogens is 1. The molecule has 2 rings (SSSR count). The first-order valence-electron chi connectivity index (χ1n) is 9.98. The molecule has 0 saturated heterocycles. The minimum atomic E-state index is -0.260. The van der Waals surface area contributed by atoms with Crippen LogP contribution in [0.15, 0.2) is 29.3 Å². The van der Waals surface area contributed by atoms with E-state index in [0.717, 1.165) is 16.9 Å². The number of nitrogens with one attached hydrogen (secondary N) is 1. The van der Waals surface area contributed by atoms with Crippen molar-refractivity contribution in [3.05, 3.63) is 40.4 Å². The summed E-state index contributed by atoms with van der Waals surface area (Å²) in [6, 6.07) is 7.42. The van der Waals surface area contributed by atoms with Gasteiger partial charge in [0.25, 0.3) is 5.91 Å². The van der Waals surface area contributed by atoms with Crippen molar-refractivity contribution in [2.24, 2.45) is 16.5 Å². The number of rotatable bonds is 9. The maximum Gasteiger partial charge on any atom is 0.265 e. The van der Waals surface area contributed by atoms with Crippen molar-refractivity contribution in [2.75, 3.05) is 33.0 Å². The van der Waals surface area contributed by atoms with Crippen LogP contribution in [0.4, 0.5) is 10.8 Å². The van der Waals surface area contributed by atoms with E-state index in [-0.39, 0.29) is 49.1 Å². The molecule has 0 radical (unpaired) electrons. The molecule has 0 aliphatic rings. The highest BCUT2D eigenvalue weighted by atomic mass is 35.5.